The summed E-state index contributed by atoms with van der Waals surface area (Å²) in [7, 11) is 0. The van der Waals surface area contributed by atoms with Crippen LogP contribution in [-0.2, 0) is 5.41 Å². The molecular weight excluding hydrogens is 661 g/mol. The number of aryl methyl sites for hydroxylation is 3. The molecule has 0 heteroatoms. The molecule has 0 radical (unpaired) electrons. The van der Waals surface area contributed by atoms with E-state index in [1.54, 1.807) is 0 Å². The van der Waals surface area contributed by atoms with Crippen molar-refractivity contribution in [1.29, 1.82) is 0 Å². The molecule has 0 atom stereocenters. The highest BCUT2D eigenvalue weighted by molar-refractivity contribution is 6.45. The van der Waals surface area contributed by atoms with Crippen molar-refractivity contribution in [2.75, 3.05) is 0 Å². The van der Waals surface area contributed by atoms with E-state index in [0.717, 1.165) is 0 Å². The second-order valence-corrected chi connectivity index (χ2v) is 17.0. The number of benzene rings is 9. The van der Waals surface area contributed by atoms with Crippen LogP contribution in [0.2, 0.25) is 0 Å². The molecule has 0 unspecified atom stereocenters. The Morgan fingerprint density at radius 2 is 0.891 bits per heavy atom. The maximum Gasteiger partial charge on any atom is -0.000719 e. The van der Waals surface area contributed by atoms with E-state index in [1.165, 1.54) is 131 Å². The average Bonchev–Trinajstić information content (AvgIpc) is 3.68. The van der Waals surface area contributed by atoms with Crippen LogP contribution in [0.1, 0.15) is 43.0 Å². The Kier molecular flexibility index (Phi) is 6.67. The Bertz CT molecular complexity index is 3320. The third-order valence-corrected chi connectivity index (χ3v) is 12.6. The molecule has 0 aromatic heterocycles. The fourth-order valence-electron chi connectivity index (χ4n) is 10.2. The first-order chi connectivity index (χ1) is 26.7. The molecular formula is C55H42. The minimum atomic E-state index is 0.0609. The maximum absolute atomic E-state index is 2.55. The third kappa shape index (κ3) is 4.46. The second-order valence-electron chi connectivity index (χ2n) is 17.0. The number of hydrogen-bond acceptors (Lipinski definition) is 0. The highest BCUT2D eigenvalue weighted by Gasteiger charge is 2.28. The predicted molar refractivity (Wildman–Crippen MR) is 241 cm³/mol. The van der Waals surface area contributed by atoms with Crippen molar-refractivity contribution in [1.82, 2.24) is 0 Å². The van der Waals surface area contributed by atoms with Crippen molar-refractivity contribution < 1.29 is 0 Å². The first-order valence-electron chi connectivity index (χ1n) is 19.7. The molecule has 0 N–H and O–H groups in total. The van der Waals surface area contributed by atoms with Gasteiger partial charge in [-0.3, -0.25) is 0 Å². The predicted octanol–water partition coefficient (Wildman–Crippen LogP) is 15.9. The van der Waals surface area contributed by atoms with Gasteiger partial charge < -0.3 is 0 Å². The molecule has 0 amide bonds. The van der Waals surface area contributed by atoms with Gasteiger partial charge in [0.05, 0.1) is 0 Å². The van der Waals surface area contributed by atoms with Gasteiger partial charge in [0, 0.05) is 0 Å². The molecule has 0 aliphatic heterocycles. The molecule has 55 heavy (non-hydrogen) atoms. The highest BCUT2D eigenvalue weighted by atomic mass is 14.3. The van der Waals surface area contributed by atoms with Crippen LogP contribution in [0, 0.1) is 20.8 Å². The topological polar surface area (TPSA) is 0 Å². The zero-order valence-corrected chi connectivity index (χ0v) is 32.4. The van der Waals surface area contributed by atoms with Crippen LogP contribution >= 0.6 is 0 Å². The van der Waals surface area contributed by atoms with Crippen LogP contribution in [0.25, 0.3) is 109 Å². The molecule has 0 bridgehead atoms. The summed E-state index contributed by atoms with van der Waals surface area (Å²) in [5.41, 5.74) is 13.2. The SMILES string of the molecule is Cc1cc2c3cc(C(C)(C)C)ccc3c3cc4c(-c5ccccc5)c5c6cccc7c(-c8c(C)cccc8C)ccc(c5c(-c5ccccc5)c4c(c1)c23)c76. The maximum atomic E-state index is 2.55. The van der Waals surface area contributed by atoms with Crippen molar-refractivity contribution >= 4 is 75.4 Å². The van der Waals surface area contributed by atoms with E-state index in [4.69, 9.17) is 0 Å². The van der Waals surface area contributed by atoms with Gasteiger partial charge in [0.25, 0.3) is 0 Å². The summed E-state index contributed by atoms with van der Waals surface area (Å²) < 4.78 is 0. The summed E-state index contributed by atoms with van der Waals surface area (Å²) in [5.74, 6) is 0. The lowest BCUT2D eigenvalue weighted by molar-refractivity contribution is 0.591. The molecule has 0 spiro atoms. The monoisotopic (exact) mass is 702 g/mol. The Morgan fingerprint density at radius 1 is 0.327 bits per heavy atom. The van der Waals surface area contributed by atoms with Gasteiger partial charge in [-0.25, -0.2) is 0 Å². The minimum Gasteiger partial charge on any atom is -0.0622 e. The van der Waals surface area contributed by atoms with Gasteiger partial charge in [-0.05, 0) is 169 Å². The summed E-state index contributed by atoms with van der Waals surface area (Å²) in [6, 6.07) is 55.6. The van der Waals surface area contributed by atoms with Crippen molar-refractivity contribution in [2.24, 2.45) is 0 Å². The van der Waals surface area contributed by atoms with Gasteiger partial charge in [-0.2, -0.15) is 0 Å². The molecule has 11 aromatic carbocycles. The van der Waals surface area contributed by atoms with Crippen molar-refractivity contribution in [3.8, 4) is 33.4 Å². The molecule has 262 valence electrons. The molecule has 11 aromatic rings. The van der Waals surface area contributed by atoms with E-state index in [0.29, 0.717) is 0 Å². The molecule has 0 saturated carbocycles. The molecule has 0 nitrogen and oxygen atoms in total. The smallest absolute Gasteiger partial charge is 0.000719 e. The summed E-state index contributed by atoms with van der Waals surface area (Å²) in [6.07, 6.45) is 0. The van der Waals surface area contributed by atoms with Gasteiger partial charge >= 0.3 is 0 Å². The lowest BCUT2D eigenvalue weighted by atomic mass is 9.83. The minimum absolute atomic E-state index is 0.0609. The number of fused-ring (bicyclic) bond motifs is 8. The average molecular weight is 703 g/mol. The van der Waals surface area contributed by atoms with Gasteiger partial charge in [-0.15, -0.1) is 0 Å². The van der Waals surface area contributed by atoms with E-state index < -0.39 is 0 Å². The van der Waals surface area contributed by atoms with Crippen LogP contribution in [0.5, 0.6) is 0 Å². The summed E-state index contributed by atoms with van der Waals surface area (Å²) in [5, 5.41) is 18.8. The van der Waals surface area contributed by atoms with E-state index in [-0.39, 0.29) is 5.41 Å². The van der Waals surface area contributed by atoms with Gasteiger partial charge in [0.15, 0.2) is 0 Å². The van der Waals surface area contributed by atoms with E-state index >= 15 is 0 Å². The Labute approximate surface area is 322 Å². The van der Waals surface area contributed by atoms with Crippen molar-refractivity contribution in [2.45, 2.75) is 47.0 Å². The molecule has 11 rings (SSSR count). The quantitative estimate of drug-likeness (QED) is 0.161. The second kappa shape index (κ2) is 11.4. The van der Waals surface area contributed by atoms with Crippen LogP contribution in [0.15, 0.2) is 146 Å². The molecule has 0 heterocycles. The standard InChI is InChI=1S/C55H42/c1-31-27-43-42-29-36(55(4,5)6)23-24-37(42)44-30-46-48(34-17-9-7-10-18-34)53-40-22-14-21-38-39(47-32(2)15-13-16-33(47)3)25-26-41(50(38)40)54(53)49(35-19-11-8-12-20-35)52(46)45(28-31)51(43)44/h7-30H,1-6H3. The molecule has 0 fully saturated rings. The van der Waals surface area contributed by atoms with Crippen LogP contribution < -0.4 is 0 Å². The zero-order chi connectivity index (χ0) is 37.3. The lowest BCUT2D eigenvalue weighted by Gasteiger charge is -2.19. The number of hydrogen-bond donors (Lipinski definition) is 0. The van der Waals surface area contributed by atoms with Crippen LogP contribution in [0.4, 0.5) is 0 Å². The molecule has 0 aliphatic rings. The van der Waals surface area contributed by atoms with E-state index in [2.05, 4.69) is 187 Å². The zero-order valence-electron chi connectivity index (χ0n) is 32.4. The fraction of sp³-hybridized carbons (Fsp3) is 0.127. The first kappa shape index (κ1) is 32.2. The Balaban J connectivity index is 1.44. The fourth-order valence-corrected chi connectivity index (χ4v) is 10.2. The number of rotatable bonds is 3. The summed E-state index contributed by atoms with van der Waals surface area (Å²) in [4.78, 5) is 0. The van der Waals surface area contributed by atoms with Gasteiger partial charge in [0.1, 0.15) is 0 Å². The first-order valence-corrected chi connectivity index (χ1v) is 19.7. The summed E-state index contributed by atoms with van der Waals surface area (Å²) in [6.45, 7) is 13.7. The van der Waals surface area contributed by atoms with Crippen LogP contribution in [-0.4, -0.2) is 0 Å². The summed E-state index contributed by atoms with van der Waals surface area (Å²) >= 11 is 0. The van der Waals surface area contributed by atoms with Crippen LogP contribution in [0.3, 0.4) is 0 Å². The Morgan fingerprint density at radius 3 is 1.60 bits per heavy atom. The third-order valence-electron chi connectivity index (χ3n) is 12.6. The van der Waals surface area contributed by atoms with Crippen molar-refractivity contribution in [3.63, 3.8) is 0 Å². The molecule has 0 saturated heterocycles. The largest absolute Gasteiger partial charge is 0.0622 e. The normalized spacial score (nSPS) is 12.5. The van der Waals surface area contributed by atoms with Gasteiger partial charge in [-0.1, -0.05) is 154 Å². The van der Waals surface area contributed by atoms with Crippen molar-refractivity contribution in [3.05, 3.63) is 168 Å². The lowest BCUT2D eigenvalue weighted by Crippen LogP contribution is -2.10. The molecule has 0 aliphatic carbocycles. The van der Waals surface area contributed by atoms with E-state index in [1.807, 2.05) is 0 Å². The van der Waals surface area contributed by atoms with Gasteiger partial charge in [0.2, 0.25) is 0 Å². The Hall–Kier alpha value is -6.24. The van der Waals surface area contributed by atoms with E-state index in [9.17, 15) is 0 Å². The highest BCUT2D eigenvalue weighted by Crippen LogP contribution is 2.55.